The predicted octanol–water partition coefficient (Wildman–Crippen LogP) is 4.10. The van der Waals surface area contributed by atoms with Crippen molar-refractivity contribution in [1.82, 2.24) is 10.7 Å². The Balaban J connectivity index is 1.95. The largest absolute Gasteiger partial charge is 0.357 e. The van der Waals surface area contributed by atoms with Crippen LogP contribution in [-0.2, 0) is 6.54 Å². The third-order valence-electron chi connectivity index (χ3n) is 3.30. The maximum Gasteiger partial charge on any atom is 0.187 e. The first-order valence-electron chi connectivity index (χ1n) is 7.85. The Labute approximate surface area is 143 Å². The summed E-state index contributed by atoms with van der Waals surface area (Å²) >= 11 is 5.31. The molecule has 0 saturated heterocycles. The van der Waals surface area contributed by atoms with Crippen LogP contribution in [0.3, 0.4) is 0 Å². The number of benzene rings is 2. The molecule has 0 fully saturated rings. The Morgan fingerprint density at radius 2 is 1.61 bits per heavy atom. The number of hydrogen-bond acceptors (Lipinski definition) is 2. The summed E-state index contributed by atoms with van der Waals surface area (Å²) in [5.74, 6) is 0.529. The minimum atomic E-state index is 0.529. The Morgan fingerprint density at radius 1 is 1.00 bits per heavy atom. The standard InChI is InChI=1S/C19H23N3S/c1-15(2)13-18(17-11-7-4-8-12-17)21-22-19(23)20-14-16-9-5-3-6-10-16/h3-12,15H,13-14H2,1-2H3,(H2,20,22,23)/b21-18-. The topological polar surface area (TPSA) is 36.4 Å². The van der Waals surface area contributed by atoms with Crippen molar-refractivity contribution in [2.45, 2.75) is 26.8 Å². The lowest BCUT2D eigenvalue weighted by Gasteiger charge is -2.12. The Morgan fingerprint density at radius 3 is 2.22 bits per heavy atom. The van der Waals surface area contributed by atoms with E-state index in [0.717, 1.165) is 17.7 Å². The molecule has 0 saturated carbocycles. The normalized spacial score (nSPS) is 11.3. The molecule has 0 aliphatic rings. The molecule has 2 aromatic carbocycles. The molecule has 2 N–H and O–H groups in total. The molecule has 0 amide bonds. The smallest absolute Gasteiger partial charge is 0.187 e. The molecular formula is C19H23N3S. The zero-order valence-electron chi connectivity index (χ0n) is 13.6. The Bertz CT molecular complexity index is 636. The molecule has 120 valence electrons. The quantitative estimate of drug-likeness (QED) is 0.477. The fourth-order valence-electron chi connectivity index (χ4n) is 2.18. The zero-order chi connectivity index (χ0) is 16.5. The summed E-state index contributed by atoms with van der Waals surface area (Å²) in [5, 5.41) is 8.21. The number of nitrogens with zero attached hydrogens (tertiary/aromatic N) is 1. The summed E-state index contributed by atoms with van der Waals surface area (Å²) in [6.45, 7) is 5.06. The Hall–Kier alpha value is -2.20. The Kier molecular flexibility index (Phi) is 6.76. The highest BCUT2D eigenvalue weighted by molar-refractivity contribution is 7.80. The summed E-state index contributed by atoms with van der Waals surface area (Å²) in [6, 6.07) is 20.4. The van der Waals surface area contributed by atoms with Crippen molar-refractivity contribution in [1.29, 1.82) is 0 Å². The highest BCUT2D eigenvalue weighted by atomic mass is 32.1. The minimum Gasteiger partial charge on any atom is -0.357 e. The van der Waals surface area contributed by atoms with Crippen molar-refractivity contribution < 1.29 is 0 Å². The van der Waals surface area contributed by atoms with Crippen molar-refractivity contribution >= 4 is 23.0 Å². The van der Waals surface area contributed by atoms with E-state index in [1.54, 1.807) is 0 Å². The van der Waals surface area contributed by atoms with Crippen LogP contribution in [0.1, 0.15) is 31.4 Å². The molecule has 0 unspecified atom stereocenters. The predicted molar refractivity (Wildman–Crippen MR) is 101 cm³/mol. The SMILES string of the molecule is CC(C)C/C(=N/NC(=S)NCc1ccccc1)c1ccccc1. The number of thiocarbonyl (C=S) groups is 1. The van der Waals surface area contributed by atoms with Crippen molar-refractivity contribution in [3.05, 3.63) is 71.8 Å². The molecule has 0 heterocycles. The van der Waals surface area contributed by atoms with Gasteiger partial charge in [-0.25, -0.2) is 0 Å². The summed E-state index contributed by atoms with van der Waals surface area (Å²) in [4.78, 5) is 0. The first kappa shape index (κ1) is 17.2. The number of nitrogens with one attached hydrogen (secondary N) is 2. The summed E-state index contributed by atoms with van der Waals surface area (Å²) in [5.41, 5.74) is 6.29. The summed E-state index contributed by atoms with van der Waals surface area (Å²) in [6.07, 6.45) is 0.901. The molecule has 0 aliphatic carbocycles. The van der Waals surface area contributed by atoms with E-state index in [2.05, 4.69) is 54.0 Å². The molecule has 0 radical (unpaired) electrons. The van der Waals surface area contributed by atoms with Gasteiger partial charge in [-0.15, -0.1) is 0 Å². The van der Waals surface area contributed by atoms with Gasteiger partial charge in [0.05, 0.1) is 5.71 Å². The van der Waals surface area contributed by atoms with Gasteiger partial charge in [0.15, 0.2) is 5.11 Å². The molecule has 23 heavy (non-hydrogen) atoms. The number of rotatable bonds is 6. The molecular weight excluding hydrogens is 302 g/mol. The molecule has 0 aliphatic heterocycles. The molecule has 3 nitrogen and oxygen atoms in total. The van der Waals surface area contributed by atoms with E-state index in [4.69, 9.17) is 12.2 Å². The van der Waals surface area contributed by atoms with Gasteiger partial charge in [0.2, 0.25) is 0 Å². The van der Waals surface area contributed by atoms with Crippen LogP contribution in [0, 0.1) is 5.92 Å². The van der Waals surface area contributed by atoms with E-state index >= 15 is 0 Å². The van der Waals surface area contributed by atoms with Gasteiger partial charge in [-0.3, -0.25) is 5.43 Å². The van der Waals surface area contributed by atoms with Gasteiger partial charge >= 0.3 is 0 Å². The fraction of sp³-hybridized carbons (Fsp3) is 0.263. The molecule has 0 atom stereocenters. The molecule has 0 bridgehead atoms. The van der Waals surface area contributed by atoms with Gasteiger partial charge in [-0.2, -0.15) is 5.10 Å². The van der Waals surface area contributed by atoms with Gasteiger partial charge in [0, 0.05) is 6.54 Å². The maximum absolute atomic E-state index is 5.31. The van der Waals surface area contributed by atoms with Crippen LogP contribution in [0.2, 0.25) is 0 Å². The van der Waals surface area contributed by atoms with E-state index in [-0.39, 0.29) is 0 Å². The van der Waals surface area contributed by atoms with Crippen molar-refractivity contribution in [2.75, 3.05) is 0 Å². The zero-order valence-corrected chi connectivity index (χ0v) is 14.4. The molecule has 4 heteroatoms. The van der Waals surface area contributed by atoms with Crippen LogP contribution >= 0.6 is 12.2 Å². The van der Waals surface area contributed by atoms with Crippen LogP contribution in [0.25, 0.3) is 0 Å². The molecule has 2 rings (SSSR count). The second-order valence-corrected chi connectivity index (χ2v) is 6.21. The van der Waals surface area contributed by atoms with Crippen LogP contribution in [-0.4, -0.2) is 10.8 Å². The van der Waals surface area contributed by atoms with Crippen LogP contribution in [0.5, 0.6) is 0 Å². The van der Waals surface area contributed by atoms with Gasteiger partial charge in [0.1, 0.15) is 0 Å². The van der Waals surface area contributed by atoms with Gasteiger partial charge in [-0.05, 0) is 35.7 Å². The van der Waals surface area contributed by atoms with Crippen LogP contribution in [0.15, 0.2) is 65.8 Å². The lowest BCUT2D eigenvalue weighted by atomic mass is 10.0. The van der Waals surface area contributed by atoms with Gasteiger partial charge < -0.3 is 5.32 Å². The van der Waals surface area contributed by atoms with E-state index in [9.17, 15) is 0 Å². The highest BCUT2D eigenvalue weighted by Gasteiger charge is 2.06. The van der Waals surface area contributed by atoms with Crippen LogP contribution < -0.4 is 10.7 Å². The lowest BCUT2D eigenvalue weighted by Crippen LogP contribution is -2.32. The second kappa shape index (κ2) is 9.06. The van der Waals surface area contributed by atoms with E-state index < -0.39 is 0 Å². The van der Waals surface area contributed by atoms with E-state index in [1.807, 2.05) is 36.4 Å². The van der Waals surface area contributed by atoms with Crippen molar-refractivity contribution in [3.63, 3.8) is 0 Å². The maximum atomic E-state index is 5.31. The van der Waals surface area contributed by atoms with Crippen molar-refractivity contribution in [2.24, 2.45) is 11.0 Å². The monoisotopic (exact) mass is 325 g/mol. The third-order valence-corrected chi connectivity index (χ3v) is 3.53. The number of hydrogen-bond donors (Lipinski definition) is 2. The van der Waals surface area contributed by atoms with Gasteiger partial charge in [0.25, 0.3) is 0 Å². The van der Waals surface area contributed by atoms with E-state index in [1.165, 1.54) is 5.56 Å². The average molecular weight is 325 g/mol. The average Bonchev–Trinajstić information content (AvgIpc) is 2.58. The van der Waals surface area contributed by atoms with Gasteiger partial charge in [-0.1, -0.05) is 74.5 Å². The molecule has 0 spiro atoms. The van der Waals surface area contributed by atoms with E-state index in [0.29, 0.717) is 17.6 Å². The first-order chi connectivity index (χ1) is 11.1. The first-order valence-corrected chi connectivity index (χ1v) is 8.25. The van der Waals surface area contributed by atoms with Crippen molar-refractivity contribution in [3.8, 4) is 0 Å². The minimum absolute atomic E-state index is 0.529. The lowest BCUT2D eigenvalue weighted by molar-refractivity contribution is 0.680. The second-order valence-electron chi connectivity index (χ2n) is 5.80. The molecule has 2 aromatic rings. The summed E-state index contributed by atoms with van der Waals surface area (Å²) < 4.78 is 0. The molecule has 0 aromatic heterocycles. The number of hydrazone groups is 1. The third kappa shape index (κ3) is 6.20. The summed E-state index contributed by atoms with van der Waals surface area (Å²) in [7, 11) is 0. The fourth-order valence-corrected chi connectivity index (χ4v) is 2.30. The van der Waals surface area contributed by atoms with Crippen LogP contribution in [0.4, 0.5) is 0 Å². The highest BCUT2D eigenvalue weighted by Crippen LogP contribution is 2.10.